The summed E-state index contributed by atoms with van der Waals surface area (Å²) in [7, 11) is 0. The van der Waals surface area contributed by atoms with E-state index in [1.165, 1.54) is 19.1 Å². The second-order valence-electron chi connectivity index (χ2n) is 3.15. The molecule has 1 rings (SSSR count). The Morgan fingerprint density at radius 3 is 2.62 bits per heavy atom. The van der Waals surface area contributed by atoms with E-state index in [2.05, 4.69) is 11.8 Å². The van der Waals surface area contributed by atoms with E-state index in [0.717, 1.165) is 6.07 Å². The maximum atomic E-state index is 12.5. The van der Waals surface area contributed by atoms with Crippen molar-refractivity contribution in [2.45, 2.75) is 19.5 Å². The van der Waals surface area contributed by atoms with Crippen molar-refractivity contribution in [2.75, 3.05) is 0 Å². The van der Waals surface area contributed by atoms with E-state index < -0.39 is 11.7 Å². The van der Waals surface area contributed by atoms with Gasteiger partial charge in [-0.15, -0.1) is 0 Å². The van der Waals surface area contributed by atoms with Gasteiger partial charge in [0.25, 0.3) is 0 Å². The Balaban J connectivity index is 3.16. The molecule has 0 spiro atoms. The lowest BCUT2D eigenvalue weighted by Crippen LogP contribution is -2.08. The molecule has 1 aromatic rings. The quantitative estimate of drug-likeness (QED) is 0.531. The highest BCUT2D eigenvalue weighted by Crippen LogP contribution is 2.32. The summed E-state index contributed by atoms with van der Waals surface area (Å²) in [6.45, 7) is 1.37. The standard InChI is InChI=1S/C12H9F3O/c1-9-10(5-2-3-8-16)6-4-7-11(9)12(13,14)15/h4,6-8H,3H2,1H3. The van der Waals surface area contributed by atoms with Crippen LogP contribution >= 0.6 is 0 Å². The first-order chi connectivity index (χ1) is 7.46. The number of alkyl halides is 3. The zero-order chi connectivity index (χ0) is 12.2. The Bertz CT molecular complexity index is 450. The monoisotopic (exact) mass is 226 g/mol. The molecule has 0 aliphatic heterocycles. The number of carbonyl (C=O) groups excluding carboxylic acids is 1. The number of hydrogen-bond donors (Lipinski definition) is 0. The fraction of sp³-hybridized carbons (Fsp3) is 0.250. The van der Waals surface area contributed by atoms with Crippen molar-refractivity contribution in [3.63, 3.8) is 0 Å². The van der Waals surface area contributed by atoms with E-state index >= 15 is 0 Å². The molecule has 0 bridgehead atoms. The van der Waals surface area contributed by atoms with Crippen LogP contribution in [0.5, 0.6) is 0 Å². The molecule has 0 N–H and O–H groups in total. The van der Waals surface area contributed by atoms with Gasteiger partial charge in [-0.2, -0.15) is 13.2 Å². The van der Waals surface area contributed by atoms with Gasteiger partial charge in [0.05, 0.1) is 12.0 Å². The highest BCUT2D eigenvalue weighted by atomic mass is 19.4. The zero-order valence-corrected chi connectivity index (χ0v) is 8.56. The van der Waals surface area contributed by atoms with Crippen molar-refractivity contribution in [3.05, 3.63) is 34.9 Å². The first-order valence-electron chi connectivity index (χ1n) is 4.56. The molecule has 16 heavy (non-hydrogen) atoms. The van der Waals surface area contributed by atoms with Gasteiger partial charge in [0.1, 0.15) is 6.29 Å². The van der Waals surface area contributed by atoms with Crippen molar-refractivity contribution < 1.29 is 18.0 Å². The van der Waals surface area contributed by atoms with Gasteiger partial charge >= 0.3 is 6.18 Å². The highest BCUT2D eigenvalue weighted by Gasteiger charge is 2.32. The number of rotatable bonds is 1. The molecule has 4 heteroatoms. The fourth-order valence-electron chi connectivity index (χ4n) is 1.27. The minimum Gasteiger partial charge on any atom is -0.302 e. The van der Waals surface area contributed by atoms with Crippen molar-refractivity contribution in [1.29, 1.82) is 0 Å². The number of carbonyl (C=O) groups is 1. The van der Waals surface area contributed by atoms with E-state index in [4.69, 9.17) is 0 Å². The average molecular weight is 226 g/mol. The van der Waals surface area contributed by atoms with Gasteiger partial charge in [-0.1, -0.05) is 17.9 Å². The minimum atomic E-state index is -4.37. The molecule has 0 unspecified atom stereocenters. The summed E-state index contributed by atoms with van der Waals surface area (Å²) in [4.78, 5) is 10.0. The second kappa shape index (κ2) is 4.84. The lowest BCUT2D eigenvalue weighted by atomic mass is 10.0. The molecule has 1 nitrogen and oxygen atoms in total. The fourth-order valence-corrected chi connectivity index (χ4v) is 1.27. The summed E-state index contributed by atoms with van der Waals surface area (Å²) in [5.41, 5.74) is -0.296. The van der Waals surface area contributed by atoms with Gasteiger partial charge < -0.3 is 4.79 Å². The van der Waals surface area contributed by atoms with Crippen molar-refractivity contribution in [1.82, 2.24) is 0 Å². The summed E-state index contributed by atoms with van der Waals surface area (Å²) in [5.74, 6) is 5.03. The minimum absolute atomic E-state index is 0.0235. The van der Waals surface area contributed by atoms with Crippen molar-refractivity contribution >= 4 is 6.29 Å². The third-order valence-corrected chi connectivity index (χ3v) is 2.05. The van der Waals surface area contributed by atoms with Crippen molar-refractivity contribution in [2.24, 2.45) is 0 Å². The number of aldehydes is 1. The predicted octanol–water partition coefficient (Wildman–Crippen LogP) is 2.95. The van der Waals surface area contributed by atoms with Crippen LogP contribution in [0.25, 0.3) is 0 Å². The van der Waals surface area contributed by atoms with Gasteiger partial charge in [0.15, 0.2) is 0 Å². The number of halogens is 3. The number of hydrogen-bond acceptors (Lipinski definition) is 1. The van der Waals surface area contributed by atoms with E-state index in [-0.39, 0.29) is 12.0 Å². The van der Waals surface area contributed by atoms with Crippen LogP contribution in [0.4, 0.5) is 13.2 Å². The van der Waals surface area contributed by atoms with Gasteiger partial charge in [-0.25, -0.2) is 0 Å². The molecule has 0 atom stereocenters. The highest BCUT2D eigenvalue weighted by molar-refractivity contribution is 5.55. The predicted molar refractivity (Wildman–Crippen MR) is 53.7 cm³/mol. The van der Waals surface area contributed by atoms with E-state index in [9.17, 15) is 18.0 Å². The van der Waals surface area contributed by atoms with Crippen LogP contribution < -0.4 is 0 Å². The first kappa shape index (κ1) is 12.3. The summed E-state index contributed by atoms with van der Waals surface area (Å²) in [6, 6.07) is 3.82. The molecule has 0 amide bonds. The Labute approximate surface area is 91.3 Å². The van der Waals surface area contributed by atoms with Gasteiger partial charge in [0.2, 0.25) is 0 Å². The van der Waals surface area contributed by atoms with E-state index in [0.29, 0.717) is 11.8 Å². The molecule has 0 aromatic heterocycles. The van der Waals surface area contributed by atoms with Gasteiger partial charge in [-0.3, -0.25) is 0 Å². The lowest BCUT2D eigenvalue weighted by Gasteiger charge is -2.10. The maximum Gasteiger partial charge on any atom is 0.416 e. The Morgan fingerprint density at radius 1 is 1.38 bits per heavy atom. The average Bonchev–Trinajstić information content (AvgIpc) is 2.19. The van der Waals surface area contributed by atoms with Crippen LogP contribution in [0.15, 0.2) is 18.2 Å². The van der Waals surface area contributed by atoms with Gasteiger partial charge in [0, 0.05) is 5.56 Å². The molecule has 0 aliphatic rings. The van der Waals surface area contributed by atoms with Crippen LogP contribution in [-0.2, 0) is 11.0 Å². The van der Waals surface area contributed by atoms with Crippen LogP contribution in [0.1, 0.15) is 23.1 Å². The molecule has 0 fully saturated rings. The Kier molecular flexibility index (Phi) is 3.73. The Hall–Kier alpha value is -1.76. The summed E-state index contributed by atoms with van der Waals surface area (Å²) >= 11 is 0. The molecular weight excluding hydrogens is 217 g/mol. The summed E-state index contributed by atoms with van der Waals surface area (Å²) in [5, 5.41) is 0. The van der Waals surface area contributed by atoms with E-state index in [1.54, 1.807) is 0 Å². The second-order valence-corrected chi connectivity index (χ2v) is 3.15. The third-order valence-electron chi connectivity index (χ3n) is 2.05. The zero-order valence-electron chi connectivity index (χ0n) is 8.56. The molecule has 1 aromatic carbocycles. The van der Waals surface area contributed by atoms with Crippen LogP contribution in [0, 0.1) is 18.8 Å². The molecule has 84 valence electrons. The smallest absolute Gasteiger partial charge is 0.302 e. The maximum absolute atomic E-state index is 12.5. The first-order valence-corrected chi connectivity index (χ1v) is 4.56. The van der Waals surface area contributed by atoms with Crippen molar-refractivity contribution in [3.8, 4) is 11.8 Å². The molecule has 0 aliphatic carbocycles. The number of benzene rings is 1. The SMILES string of the molecule is Cc1c(C#CCC=O)cccc1C(F)(F)F. The molecular formula is C12H9F3O. The van der Waals surface area contributed by atoms with E-state index in [1.807, 2.05) is 0 Å². The molecule has 0 saturated heterocycles. The summed E-state index contributed by atoms with van der Waals surface area (Å²) in [6.07, 6.45) is -3.74. The third kappa shape index (κ3) is 2.86. The lowest BCUT2D eigenvalue weighted by molar-refractivity contribution is -0.138. The van der Waals surface area contributed by atoms with Gasteiger partial charge in [-0.05, 0) is 24.6 Å². The van der Waals surface area contributed by atoms with Crippen LogP contribution in [0.3, 0.4) is 0 Å². The normalized spacial score (nSPS) is 10.5. The van der Waals surface area contributed by atoms with Crippen LogP contribution in [-0.4, -0.2) is 6.29 Å². The van der Waals surface area contributed by atoms with Crippen LogP contribution in [0.2, 0.25) is 0 Å². The largest absolute Gasteiger partial charge is 0.416 e. The Morgan fingerprint density at radius 2 is 2.06 bits per heavy atom. The molecule has 0 radical (unpaired) electrons. The summed E-state index contributed by atoms with van der Waals surface area (Å²) < 4.78 is 37.5. The molecule has 0 heterocycles. The topological polar surface area (TPSA) is 17.1 Å². The molecule has 0 saturated carbocycles.